The number of unbranched alkanes of at least 4 members (excludes halogenated alkanes) is 22. The van der Waals surface area contributed by atoms with Gasteiger partial charge < -0.3 is 36.5 Å². The first kappa shape index (κ1) is 45.3. The molecule has 0 bridgehead atoms. The first-order valence-corrected chi connectivity index (χ1v) is 19.5. The lowest BCUT2D eigenvalue weighted by atomic mass is 10.1. The lowest BCUT2D eigenvalue weighted by molar-refractivity contribution is -0.311. The van der Waals surface area contributed by atoms with Gasteiger partial charge in [0.2, 0.25) is 0 Å². The topological polar surface area (TPSA) is 143 Å². The van der Waals surface area contributed by atoms with E-state index < -0.39 is 7.60 Å². The number of hydrogen-bond acceptors (Lipinski definition) is 5. The van der Waals surface area contributed by atoms with Gasteiger partial charge in [0.25, 0.3) is 10.2 Å². The molecule has 0 aromatic rings. The molecular formula is C31H69N4O3PS2. The molecular weight excluding hydrogens is 571 g/mol. The maximum Gasteiger partial charge on any atom is 0.264 e. The molecule has 0 fully saturated rings. The van der Waals surface area contributed by atoms with E-state index in [-0.39, 0.29) is 0 Å². The van der Waals surface area contributed by atoms with Crippen molar-refractivity contribution in [1.82, 2.24) is 10.6 Å². The SMILES string of the molecule is CCCCCCCCCCCCCCNC([NH3+])=S.CCCCCCCCCCCCCCNC([NH3+])=S.CP(=O)([O-])[O-]. The third-order valence-corrected chi connectivity index (χ3v) is 6.99. The van der Waals surface area contributed by atoms with E-state index in [1.54, 1.807) is 0 Å². The molecule has 0 rings (SSSR count). The van der Waals surface area contributed by atoms with Crippen molar-refractivity contribution in [3.05, 3.63) is 0 Å². The summed E-state index contributed by atoms with van der Waals surface area (Å²) in [5.74, 6) is 0. The van der Waals surface area contributed by atoms with Crippen LogP contribution in [0.5, 0.6) is 0 Å². The molecule has 0 unspecified atom stereocenters. The fraction of sp³-hybridized carbons (Fsp3) is 0.935. The second-order valence-electron chi connectivity index (χ2n) is 11.2. The van der Waals surface area contributed by atoms with Crippen molar-refractivity contribution >= 4 is 42.3 Å². The van der Waals surface area contributed by atoms with Crippen LogP contribution in [0, 0.1) is 0 Å². The van der Waals surface area contributed by atoms with Crippen molar-refractivity contribution in [3.8, 4) is 0 Å². The first-order chi connectivity index (χ1) is 19.5. The predicted molar refractivity (Wildman–Crippen MR) is 183 cm³/mol. The Balaban J connectivity index is -0.000000604. The molecule has 0 amide bonds. The average molecular weight is 641 g/mol. The minimum Gasteiger partial charge on any atom is -0.811 e. The molecule has 0 aliphatic carbocycles. The monoisotopic (exact) mass is 640 g/mol. The normalized spacial score (nSPS) is 10.7. The van der Waals surface area contributed by atoms with Crippen LogP contribution >= 0.6 is 32.0 Å². The van der Waals surface area contributed by atoms with E-state index in [1.807, 2.05) is 0 Å². The Kier molecular flexibility index (Phi) is 41.8. The number of hydrogen-bond donors (Lipinski definition) is 4. The standard InChI is InChI=1S/2C15H32N2S.CH5O3P/c2*1-2-3-4-5-6-7-8-9-10-11-12-13-14-17-15(16)18;1-5(2,3)4/h2*2-14H2,1H3,(H3,16,17,18);1H3,(H2,2,3,4). The molecule has 0 heterocycles. The zero-order valence-electron chi connectivity index (χ0n) is 27.3. The van der Waals surface area contributed by atoms with Crippen molar-refractivity contribution in [2.24, 2.45) is 0 Å². The molecule has 0 saturated carbocycles. The third-order valence-electron chi connectivity index (χ3n) is 6.70. The largest absolute Gasteiger partial charge is 0.811 e. The van der Waals surface area contributed by atoms with Gasteiger partial charge in [-0.15, -0.1) is 0 Å². The smallest absolute Gasteiger partial charge is 0.264 e. The highest BCUT2D eigenvalue weighted by atomic mass is 32.1. The highest BCUT2D eigenvalue weighted by molar-refractivity contribution is 7.80. The quantitative estimate of drug-likeness (QED) is 0.0505. The van der Waals surface area contributed by atoms with Gasteiger partial charge in [0, 0.05) is 37.5 Å². The molecule has 0 aliphatic rings. The summed E-state index contributed by atoms with van der Waals surface area (Å²) in [5, 5.41) is 7.56. The van der Waals surface area contributed by atoms with Crippen LogP contribution in [0.15, 0.2) is 0 Å². The van der Waals surface area contributed by atoms with E-state index in [0.29, 0.717) is 16.9 Å². The minimum atomic E-state index is -4.14. The molecule has 0 spiro atoms. The molecule has 41 heavy (non-hydrogen) atoms. The van der Waals surface area contributed by atoms with Crippen molar-refractivity contribution in [2.45, 2.75) is 168 Å². The van der Waals surface area contributed by atoms with Crippen molar-refractivity contribution in [3.63, 3.8) is 0 Å². The maximum atomic E-state index is 9.10. The molecule has 0 aromatic carbocycles. The van der Waals surface area contributed by atoms with E-state index >= 15 is 0 Å². The van der Waals surface area contributed by atoms with Crippen molar-refractivity contribution < 1.29 is 25.8 Å². The Morgan fingerprint density at radius 3 is 0.854 bits per heavy atom. The van der Waals surface area contributed by atoms with Gasteiger partial charge in [0.1, 0.15) is 0 Å². The third kappa shape index (κ3) is 64.1. The fourth-order valence-electron chi connectivity index (χ4n) is 4.39. The average Bonchev–Trinajstić information content (AvgIpc) is 2.88. The summed E-state index contributed by atoms with van der Waals surface area (Å²) in [7, 11) is -4.14. The number of nitrogens with one attached hydrogen (secondary N) is 2. The molecule has 10 heteroatoms. The van der Waals surface area contributed by atoms with E-state index in [9.17, 15) is 0 Å². The second kappa shape index (κ2) is 37.9. The molecule has 0 aromatic heterocycles. The van der Waals surface area contributed by atoms with Crippen molar-refractivity contribution in [1.29, 1.82) is 0 Å². The number of rotatable bonds is 26. The van der Waals surface area contributed by atoms with Crippen LogP contribution in [0.25, 0.3) is 0 Å². The maximum absolute atomic E-state index is 9.10. The highest BCUT2D eigenvalue weighted by Gasteiger charge is 1.96. The molecule has 0 radical (unpaired) electrons. The lowest BCUT2D eigenvalue weighted by Crippen LogP contribution is -2.62. The summed E-state index contributed by atoms with van der Waals surface area (Å²) < 4.78 is 9.10. The summed E-state index contributed by atoms with van der Waals surface area (Å²) in [6, 6.07) is 0. The van der Waals surface area contributed by atoms with Crippen LogP contribution in [0.2, 0.25) is 0 Å². The van der Waals surface area contributed by atoms with Crippen molar-refractivity contribution in [2.75, 3.05) is 19.8 Å². The van der Waals surface area contributed by atoms with Gasteiger partial charge in [-0.1, -0.05) is 163 Å². The summed E-state index contributed by atoms with van der Waals surface area (Å²) >= 11 is 9.72. The molecule has 0 atom stereocenters. The number of thiocarbonyl (C=S) groups is 2. The number of quaternary nitrogens is 2. The lowest BCUT2D eigenvalue weighted by Gasteiger charge is -2.22. The van der Waals surface area contributed by atoms with E-state index in [1.165, 1.54) is 154 Å². The minimum absolute atomic E-state index is 0.632. The van der Waals surface area contributed by atoms with Crippen LogP contribution in [0.3, 0.4) is 0 Å². The zero-order chi connectivity index (χ0) is 31.5. The van der Waals surface area contributed by atoms with Crippen LogP contribution in [0.4, 0.5) is 0 Å². The summed E-state index contributed by atoms with van der Waals surface area (Å²) in [4.78, 5) is 18.2. The molecule has 0 saturated heterocycles. The Morgan fingerprint density at radius 1 is 0.512 bits per heavy atom. The molecule has 248 valence electrons. The first-order valence-electron chi connectivity index (χ1n) is 16.7. The molecule has 7 nitrogen and oxygen atoms in total. The van der Waals surface area contributed by atoms with Gasteiger partial charge in [-0.05, 0) is 19.5 Å². The van der Waals surface area contributed by atoms with Gasteiger partial charge in [0.05, 0.1) is 0 Å². The fourth-order valence-corrected chi connectivity index (χ4v) is 4.59. The molecule has 0 aliphatic heterocycles. The summed E-state index contributed by atoms with van der Waals surface area (Å²) in [5.41, 5.74) is 7.31. The van der Waals surface area contributed by atoms with E-state index in [2.05, 4.69) is 35.9 Å². The van der Waals surface area contributed by atoms with E-state index in [4.69, 9.17) is 38.8 Å². The van der Waals surface area contributed by atoms with Crippen LogP contribution < -0.4 is 31.9 Å². The van der Waals surface area contributed by atoms with Gasteiger partial charge in [-0.25, -0.2) is 0 Å². The Bertz CT molecular complexity index is 547. The Hall–Kier alpha value is -0.150. The van der Waals surface area contributed by atoms with Crippen LogP contribution in [-0.2, 0) is 4.57 Å². The Labute approximate surface area is 265 Å². The Morgan fingerprint density at radius 2 is 0.683 bits per heavy atom. The van der Waals surface area contributed by atoms with Gasteiger partial charge >= 0.3 is 0 Å². The molecule has 8 N–H and O–H groups in total. The van der Waals surface area contributed by atoms with Crippen LogP contribution in [-0.4, -0.2) is 30.0 Å². The van der Waals surface area contributed by atoms with Gasteiger partial charge in [-0.2, -0.15) is 0 Å². The second-order valence-corrected chi connectivity index (χ2v) is 13.8. The highest BCUT2D eigenvalue weighted by Crippen LogP contribution is 2.13. The zero-order valence-corrected chi connectivity index (χ0v) is 29.8. The van der Waals surface area contributed by atoms with Gasteiger partial charge in [-0.3, -0.25) is 0 Å². The summed E-state index contributed by atoms with van der Waals surface area (Å²) in [6.45, 7) is 7.19. The predicted octanol–water partition coefficient (Wildman–Crippen LogP) is 6.14. The van der Waals surface area contributed by atoms with Gasteiger partial charge in [0.15, 0.2) is 0 Å². The van der Waals surface area contributed by atoms with E-state index in [0.717, 1.165) is 13.1 Å². The van der Waals surface area contributed by atoms with Crippen LogP contribution in [0.1, 0.15) is 168 Å². The summed E-state index contributed by atoms with van der Waals surface area (Å²) in [6.07, 6.45) is 33.5.